The number of hydrogen-bond donors (Lipinski definition) is 2. The summed E-state index contributed by atoms with van der Waals surface area (Å²) in [6.45, 7) is 9.86. The molecule has 176 valence electrons. The van der Waals surface area contributed by atoms with Gasteiger partial charge in [-0.1, -0.05) is 13.8 Å². The van der Waals surface area contributed by atoms with Crippen molar-refractivity contribution in [3.05, 3.63) is 0 Å². The van der Waals surface area contributed by atoms with E-state index < -0.39 is 0 Å². The van der Waals surface area contributed by atoms with Crippen LogP contribution in [-0.4, -0.2) is 70.5 Å². The molecular weight excluding hydrogens is 384 g/mol. The van der Waals surface area contributed by atoms with Gasteiger partial charge in [-0.25, -0.2) is 0 Å². The second-order valence-electron chi connectivity index (χ2n) is 13.0. The lowest BCUT2D eigenvalue weighted by atomic mass is 9.44. The van der Waals surface area contributed by atoms with Gasteiger partial charge >= 0.3 is 0 Å². The molecule has 4 nitrogen and oxygen atoms in total. The average molecular weight is 431 g/mol. The van der Waals surface area contributed by atoms with Crippen LogP contribution in [0.2, 0.25) is 0 Å². The highest BCUT2D eigenvalue weighted by atomic mass is 16.3. The minimum absolute atomic E-state index is 0.116. The van der Waals surface area contributed by atoms with Crippen molar-refractivity contribution in [3.63, 3.8) is 0 Å². The van der Waals surface area contributed by atoms with E-state index in [1.54, 1.807) is 0 Å². The van der Waals surface area contributed by atoms with Crippen LogP contribution in [0.1, 0.15) is 84.5 Å². The maximum Gasteiger partial charge on any atom is 0.0751 e. The number of nitrogens with zero attached hydrogens (tertiary/aromatic N) is 2. The fourth-order valence-corrected chi connectivity index (χ4v) is 10.1. The first kappa shape index (κ1) is 21.4. The van der Waals surface area contributed by atoms with E-state index in [9.17, 15) is 10.2 Å². The van der Waals surface area contributed by atoms with Gasteiger partial charge in [0.15, 0.2) is 0 Å². The third-order valence-corrected chi connectivity index (χ3v) is 11.9. The molecule has 0 spiro atoms. The highest BCUT2D eigenvalue weighted by Gasteiger charge is 2.63. The molecule has 0 aromatic carbocycles. The fourth-order valence-electron chi connectivity index (χ4n) is 10.1. The van der Waals surface area contributed by atoms with Crippen molar-refractivity contribution in [1.29, 1.82) is 0 Å². The summed E-state index contributed by atoms with van der Waals surface area (Å²) in [5.74, 6) is 2.98. The Bertz CT molecular complexity index is 674. The zero-order chi connectivity index (χ0) is 21.4. The van der Waals surface area contributed by atoms with Gasteiger partial charge in [0.2, 0.25) is 0 Å². The van der Waals surface area contributed by atoms with Crippen LogP contribution in [0, 0.1) is 34.5 Å². The largest absolute Gasteiger partial charge is 0.391 e. The van der Waals surface area contributed by atoms with Gasteiger partial charge in [-0.3, -0.25) is 9.80 Å². The smallest absolute Gasteiger partial charge is 0.0751 e. The van der Waals surface area contributed by atoms with Crippen LogP contribution in [0.15, 0.2) is 0 Å². The monoisotopic (exact) mass is 430 g/mol. The molecule has 0 amide bonds. The minimum atomic E-state index is -0.132. The van der Waals surface area contributed by atoms with Crippen LogP contribution < -0.4 is 0 Å². The highest BCUT2D eigenvalue weighted by molar-refractivity contribution is 5.14. The molecule has 4 unspecified atom stereocenters. The topological polar surface area (TPSA) is 46.9 Å². The van der Waals surface area contributed by atoms with Gasteiger partial charge in [-0.15, -0.1) is 0 Å². The Hall–Kier alpha value is -0.160. The second kappa shape index (κ2) is 7.68. The minimum Gasteiger partial charge on any atom is -0.391 e. The lowest BCUT2D eigenvalue weighted by Crippen LogP contribution is -2.59. The van der Waals surface area contributed by atoms with Crippen LogP contribution >= 0.6 is 0 Å². The Labute approximate surface area is 189 Å². The Morgan fingerprint density at radius 2 is 1.35 bits per heavy atom. The molecule has 4 aliphatic carbocycles. The summed E-state index contributed by atoms with van der Waals surface area (Å²) in [7, 11) is 0. The summed E-state index contributed by atoms with van der Waals surface area (Å²) < 4.78 is 0. The van der Waals surface area contributed by atoms with Crippen molar-refractivity contribution >= 4 is 0 Å². The maximum atomic E-state index is 11.5. The Kier molecular flexibility index (Phi) is 5.30. The van der Waals surface area contributed by atoms with Crippen LogP contribution in [-0.2, 0) is 0 Å². The predicted molar refractivity (Wildman–Crippen MR) is 124 cm³/mol. The Morgan fingerprint density at radius 1 is 0.710 bits per heavy atom. The fraction of sp³-hybridized carbons (Fsp3) is 1.00. The van der Waals surface area contributed by atoms with E-state index in [2.05, 4.69) is 23.6 Å². The molecule has 2 aliphatic heterocycles. The lowest BCUT2D eigenvalue weighted by molar-refractivity contribution is -0.152. The quantitative estimate of drug-likeness (QED) is 0.698. The molecule has 31 heavy (non-hydrogen) atoms. The molecule has 4 saturated carbocycles. The highest BCUT2D eigenvalue weighted by Crippen LogP contribution is 2.66. The average Bonchev–Trinajstić information content (AvgIpc) is 3.50. The molecular formula is C27H46N2O2. The van der Waals surface area contributed by atoms with E-state index in [1.807, 2.05) is 0 Å². The van der Waals surface area contributed by atoms with Crippen molar-refractivity contribution in [1.82, 2.24) is 9.80 Å². The van der Waals surface area contributed by atoms with E-state index in [1.165, 1.54) is 90.4 Å². The SMILES string of the molecule is C[C@]12C[C@H](N3CCCC3)[C@@H](O)CC1CCC1C2CC[C@@]2(C)C1C[C@H](N1CCCC1)[C@@H]2O. The van der Waals surface area contributed by atoms with Gasteiger partial charge in [0.05, 0.1) is 12.2 Å². The van der Waals surface area contributed by atoms with E-state index in [0.717, 1.165) is 18.3 Å². The normalized spacial score (nSPS) is 55.7. The molecule has 6 fully saturated rings. The number of aliphatic hydroxyl groups excluding tert-OH is 2. The Morgan fingerprint density at radius 3 is 2.03 bits per heavy atom. The molecule has 0 radical (unpaired) electrons. The second-order valence-corrected chi connectivity index (χ2v) is 13.0. The summed E-state index contributed by atoms with van der Waals surface area (Å²) in [4.78, 5) is 5.27. The van der Waals surface area contributed by atoms with Gasteiger partial charge in [-0.05, 0) is 131 Å². The van der Waals surface area contributed by atoms with E-state index in [0.29, 0.717) is 29.3 Å². The zero-order valence-corrected chi connectivity index (χ0v) is 20.0. The van der Waals surface area contributed by atoms with E-state index in [-0.39, 0.29) is 17.6 Å². The van der Waals surface area contributed by atoms with Gasteiger partial charge in [0.1, 0.15) is 0 Å². The molecule has 2 N–H and O–H groups in total. The maximum absolute atomic E-state index is 11.5. The number of aliphatic hydroxyl groups is 2. The van der Waals surface area contributed by atoms with Gasteiger partial charge < -0.3 is 10.2 Å². The molecule has 6 rings (SSSR count). The van der Waals surface area contributed by atoms with Crippen molar-refractivity contribution < 1.29 is 10.2 Å². The predicted octanol–water partition coefficient (Wildman–Crippen LogP) is 3.90. The molecule has 2 saturated heterocycles. The summed E-state index contributed by atoms with van der Waals surface area (Å²) >= 11 is 0. The molecule has 6 aliphatic rings. The molecule has 0 bridgehead atoms. The molecule has 4 heteroatoms. The molecule has 0 aromatic rings. The summed E-state index contributed by atoms with van der Waals surface area (Å²) in [6, 6.07) is 0.801. The zero-order valence-electron chi connectivity index (χ0n) is 20.0. The number of rotatable bonds is 2. The van der Waals surface area contributed by atoms with E-state index in [4.69, 9.17) is 0 Å². The van der Waals surface area contributed by atoms with Crippen molar-refractivity contribution in [2.24, 2.45) is 34.5 Å². The summed E-state index contributed by atoms with van der Waals surface area (Å²) in [5, 5.41) is 22.6. The van der Waals surface area contributed by atoms with Gasteiger partial charge in [-0.2, -0.15) is 0 Å². The van der Waals surface area contributed by atoms with Crippen LogP contribution in [0.25, 0.3) is 0 Å². The van der Waals surface area contributed by atoms with Crippen LogP contribution in [0.3, 0.4) is 0 Å². The van der Waals surface area contributed by atoms with Crippen molar-refractivity contribution in [3.8, 4) is 0 Å². The van der Waals surface area contributed by atoms with Crippen LogP contribution in [0.4, 0.5) is 0 Å². The van der Waals surface area contributed by atoms with Crippen molar-refractivity contribution in [2.75, 3.05) is 26.2 Å². The standard InChI is InChI=1S/C27H46N2O2/c1-26-10-9-20-19(21(26)16-22(25(26)31)28-11-3-4-12-28)8-7-18-15-24(30)23(17-27(18,20)2)29-13-5-6-14-29/h18-25,30-31H,3-17H2,1-2H3/t18?,19?,20?,21?,22-,23-,24-,25-,26-,27-/m0/s1. The first-order valence-corrected chi connectivity index (χ1v) is 13.8. The van der Waals surface area contributed by atoms with Gasteiger partial charge in [0, 0.05) is 12.1 Å². The number of fused-ring (bicyclic) bond motifs is 5. The molecule has 2 heterocycles. The van der Waals surface area contributed by atoms with Gasteiger partial charge in [0.25, 0.3) is 0 Å². The van der Waals surface area contributed by atoms with Crippen molar-refractivity contribution in [2.45, 2.75) is 109 Å². The lowest BCUT2D eigenvalue weighted by Gasteiger charge is -2.62. The first-order chi connectivity index (χ1) is 14.9. The number of hydrogen-bond acceptors (Lipinski definition) is 4. The first-order valence-electron chi connectivity index (χ1n) is 13.8. The molecule has 10 atom stereocenters. The summed E-state index contributed by atoms with van der Waals surface area (Å²) in [6.07, 6.45) is 13.6. The third-order valence-electron chi connectivity index (χ3n) is 11.9. The Balaban J connectivity index is 1.26. The third kappa shape index (κ3) is 3.14. The van der Waals surface area contributed by atoms with E-state index >= 15 is 0 Å². The number of likely N-dealkylation sites (tertiary alicyclic amines) is 2. The summed E-state index contributed by atoms with van der Waals surface area (Å²) in [5.41, 5.74) is 0.508. The molecule has 0 aromatic heterocycles. The van der Waals surface area contributed by atoms with Crippen LogP contribution in [0.5, 0.6) is 0 Å².